The minimum atomic E-state index is -1.10. The van der Waals surface area contributed by atoms with Crippen molar-refractivity contribution in [2.24, 2.45) is 10.8 Å². The summed E-state index contributed by atoms with van der Waals surface area (Å²) in [5.41, 5.74) is -0.524. The maximum Gasteiger partial charge on any atom is 0.323 e. The summed E-state index contributed by atoms with van der Waals surface area (Å²) in [4.78, 5) is 23.7. The normalized spacial score (nSPS) is 38.3. The Hall–Kier alpha value is -1.38. The van der Waals surface area contributed by atoms with Crippen molar-refractivity contribution in [3.05, 3.63) is 24.3 Å². The van der Waals surface area contributed by atoms with E-state index in [1.54, 1.807) is 0 Å². The summed E-state index contributed by atoms with van der Waals surface area (Å²) in [5.74, 6) is -0.653. The summed E-state index contributed by atoms with van der Waals surface area (Å²) < 4.78 is 4.74. The standard InChI is InChI=1S/C12H14O3/c1-8-6-11(2)5-4-9(13)12(8,7-11)10(14)15-3/h4-5H,1,6-7H2,2-3H3/t11-,12+/m0/s1. The number of hydrogen-bond acceptors (Lipinski definition) is 3. The average Bonchev–Trinajstić information content (AvgIpc) is 2.42. The van der Waals surface area contributed by atoms with E-state index in [9.17, 15) is 9.59 Å². The van der Waals surface area contributed by atoms with Crippen LogP contribution in [0, 0.1) is 10.8 Å². The fourth-order valence-corrected chi connectivity index (χ4v) is 2.72. The molecule has 2 rings (SSSR count). The summed E-state index contributed by atoms with van der Waals surface area (Å²) in [6, 6.07) is 0. The fraction of sp³-hybridized carbons (Fsp3) is 0.500. The van der Waals surface area contributed by atoms with E-state index >= 15 is 0 Å². The quantitative estimate of drug-likeness (QED) is 0.372. The topological polar surface area (TPSA) is 43.4 Å². The first-order chi connectivity index (χ1) is 6.94. The van der Waals surface area contributed by atoms with Crippen LogP contribution >= 0.6 is 0 Å². The minimum Gasteiger partial charge on any atom is -0.468 e. The first-order valence-electron chi connectivity index (χ1n) is 4.95. The van der Waals surface area contributed by atoms with Crippen molar-refractivity contribution in [3.63, 3.8) is 0 Å². The van der Waals surface area contributed by atoms with E-state index in [1.165, 1.54) is 13.2 Å². The van der Waals surface area contributed by atoms with Gasteiger partial charge in [0.15, 0.2) is 11.2 Å². The van der Waals surface area contributed by atoms with Crippen molar-refractivity contribution >= 4 is 11.8 Å². The van der Waals surface area contributed by atoms with Crippen LogP contribution in [0.15, 0.2) is 24.3 Å². The molecule has 2 bridgehead atoms. The largest absolute Gasteiger partial charge is 0.468 e. The zero-order valence-electron chi connectivity index (χ0n) is 9.00. The Morgan fingerprint density at radius 1 is 1.60 bits per heavy atom. The van der Waals surface area contributed by atoms with Gasteiger partial charge >= 0.3 is 5.97 Å². The van der Waals surface area contributed by atoms with Crippen LogP contribution in [0.4, 0.5) is 0 Å². The second kappa shape index (κ2) is 2.81. The van der Waals surface area contributed by atoms with Crippen molar-refractivity contribution in [2.45, 2.75) is 19.8 Å². The summed E-state index contributed by atoms with van der Waals surface area (Å²) in [5, 5.41) is 0. The number of ether oxygens (including phenoxy) is 1. The van der Waals surface area contributed by atoms with Crippen LogP contribution in [0.25, 0.3) is 0 Å². The first-order valence-corrected chi connectivity index (χ1v) is 4.95. The summed E-state index contributed by atoms with van der Waals surface area (Å²) in [6.07, 6.45) is 4.57. The maximum absolute atomic E-state index is 11.9. The number of carbonyl (C=O) groups excluding carboxylic acids is 2. The van der Waals surface area contributed by atoms with Gasteiger partial charge in [0, 0.05) is 0 Å². The minimum absolute atomic E-state index is 0.112. The number of rotatable bonds is 1. The molecule has 0 saturated heterocycles. The van der Waals surface area contributed by atoms with Gasteiger partial charge in [-0.15, -0.1) is 0 Å². The maximum atomic E-state index is 11.9. The lowest BCUT2D eigenvalue weighted by Gasteiger charge is -2.29. The van der Waals surface area contributed by atoms with Crippen LogP contribution in [0.2, 0.25) is 0 Å². The predicted molar refractivity (Wildman–Crippen MR) is 55.1 cm³/mol. The lowest BCUT2D eigenvalue weighted by molar-refractivity contribution is -0.154. The van der Waals surface area contributed by atoms with Gasteiger partial charge < -0.3 is 4.74 Å². The van der Waals surface area contributed by atoms with Gasteiger partial charge in [0.2, 0.25) is 0 Å². The fourth-order valence-electron chi connectivity index (χ4n) is 2.72. The van der Waals surface area contributed by atoms with Gasteiger partial charge in [-0.1, -0.05) is 25.2 Å². The van der Waals surface area contributed by atoms with E-state index in [2.05, 4.69) is 6.58 Å². The van der Waals surface area contributed by atoms with E-state index in [4.69, 9.17) is 4.74 Å². The zero-order chi connectivity index (χ0) is 11.3. The Labute approximate surface area is 88.8 Å². The van der Waals surface area contributed by atoms with Crippen molar-refractivity contribution in [1.29, 1.82) is 0 Å². The molecule has 80 valence electrons. The molecule has 1 fully saturated rings. The van der Waals surface area contributed by atoms with Gasteiger partial charge in [-0.2, -0.15) is 0 Å². The third-order valence-corrected chi connectivity index (χ3v) is 3.48. The predicted octanol–water partition coefficient (Wildman–Crippen LogP) is 1.64. The Bertz CT molecular complexity index is 394. The molecule has 15 heavy (non-hydrogen) atoms. The molecule has 0 aromatic rings. The van der Waals surface area contributed by atoms with Crippen LogP contribution in [0.1, 0.15) is 19.8 Å². The van der Waals surface area contributed by atoms with Crippen molar-refractivity contribution in [3.8, 4) is 0 Å². The SMILES string of the molecule is C=C1C[C@]2(C)C=CC(=O)[C@@]1(C(=O)OC)C2. The van der Waals surface area contributed by atoms with Crippen molar-refractivity contribution in [2.75, 3.05) is 7.11 Å². The molecule has 0 amide bonds. The molecule has 0 unspecified atom stereocenters. The van der Waals surface area contributed by atoms with Crippen LogP contribution in [-0.2, 0) is 14.3 Å². The lowest BCUT2D eigenvalue weighted by atomic mass is 9.72. The number of fused-ring (bicyclic) bond motifs is 2. The molecule has 0 aromatic heterocycles. The van der Waals surface area contributed by atoms with Crippen LogP contribution in [0.5, 0.6) is 0 Å². The van der Waals surface area contributed by atoms with E-state index in [1.807, 2.05) is 13.0 Å². The van der Waals surface area contributed by atoms with E-state index < -0.39 is 11.4 Å². The zero-order valence-corrected chi connectivity index (χ0v) is 9.00. The highest BCUT2D eigenvalue weighted by Gasteiger charge is 2.59. The Morgan fingerprint density at radius 3 is 2.87 bits per heavy atom. The van der Waals surface area contributed by atoms with Crippen LogP contribution in [-0.4, -0.2) is 18.9 Å². The Kier molecular flexibility index (Phi) is 1.90. The molecular formula is C12H14O3. The van der Waals surface area contributed by atoms with Crippen LogP contribution in [0.3, 0.4) is 0 Å². The number of allylic oxidation sites excluding steroid dienone is 2. The molecule has 1 saturated carbocycles. The molecule has 2 aliphatic rings. The van der Waals surface area contributed by atoms with E-state index in [0.29, 0.717) is 18.4 Å². The van der Waals surface area contributed by atoms with Gasteiger partial charge in [-0.3, -0.25) is 9.59 Å². The molecule has 0 spiro atoms. The van der Waals surface area contributed by atoms with Gasteiger partial charge in [-0.05, 0) is 24.3 Å². The first kappa shape index (κ1) is 10.1. The summed E-state index contributed by atoms with van der Waals surface area (Å²) in [6.45, 7) is 5.91. The molecule has 2 aliphatic carbocycles. The molecule has 2 atom stereocenters. The third-order valence-electron chi connectivity index (χ3n) is 3.48. The summed E-state index contributed by atoms with van der Waals surface area (Å²) >= 11 is 0. The molecule has 3 heteroatoms. The van der Waals surface area contributed by atoms with Crippen LogP contribution < -0.4 is 0 Å². The number of esters is 1. The molecule has 0 aliphatic heterocycles. The monoisotopic (exact) mass is 206 g/mol. The average molecular weight is 206 g/mol. The molecular weight excluding hydrogens is 192 g/mol. The second-order valence-electron chi connectivity index (χ2n) is 4.71. The van der Waals surface area contributed by atoms with Gasteiger partial charge in [0.25, 0.3) is 0 Å². The molecule has 0 N–H and O–H groups in total. The molecule has 3 nitrogen and oxygen atoms in total. The van der Waals surface area contributed by atoms with Gasteiger partial charge in [0.05, 0.1) is 7.11 Å². The van der Waals surface area contributed by atoms with Gasteiger partial charge in [0.1, 0.15) is 0 Å². The smallest absolute Gasteiger partial charge is 0.323 e. The number of methoxy groups -OCH3 is 1. The Balaban J connectivity index is 2.55. The summed E-state index contributed by atoms with van der Waals surface area (Å²) in [7, 11) is 1.31. The van der Waals surface area contributed by atoms with Gasteiger partial charge in [-0.25, -0.2) is 0 Å². The number of ketones is 1. The van der Waals surface area contributed by atoms with E-state index in [-0.39, 0.29) is 11.2 Å². The molecule has 0 heterocycles. The third kappa shape index (κ3) is 1.12. The molecule has 0 radical (unpaired) electrons. The Morgan fingerprint density at radius 2 is 2.27 bits per heavy atom. The lowest BCUT2D eigenvalue weighted by Crippen LogP contribution is -2.40. The number of carbonyl (C=O) groups is 2. The highest BCUT2D eigenvalue weighted by molar-refractivity contribution is 6.13. The van der Waals surface area contributed by atoms with Crippen molar-refractivity contribution in [1.82, 2.24) is 0 Å². The number of hydrogen-bond donors (Lipinski definition) is 0. The highest BCUT2D eigenvalue weighted by Crippen LogP contribution is 2.56. The molecule has 0 aromatic carbocycles. The second-order valence-corrected chi connectivity index (χ2v) is 4.71. The highest BCUT2D eigenvalue weighted by atomic mass is 16.5. The van der Waals surface area contributed by atoms with Crippen molar-refractivity contribution < 1.29 is 14.3 Å². The van der Waals surface area contributed by atoms with E-state index in [0.717, 1.165) is 0 Å².